The van der Waals surface area contributed by atoms with Crippen molar-refractivity contribution in [3.63, 3.8) is 0 Å². The number of nitrogens with zero attached hydrogens (tertiary/aromatic N) is 1. The number of methoxy groups -OCH3 is 1. The summed E-state index contributed by atoms with van der Waals surface area (Å²) in [5.41, 5.74) is 4.00. The SMILES string of the molecule is COc1ccc(Br)cc1CC(NN)C1CN(C)CCO1. The third kappa shape index (κ3) is 3.93. The highest BCUT2D eigenvalue weighted by Gasteiger charge is 2.27. The molecule has 0 spiro atoms. The maximum absolute atomic E-state index is 5.84. The summed E-state index contributed by atoms with van der Waals surface area (Å²) in [5, 5.41) is 0. The Labute approximate surface area is 128 Å². The summed E-state index contributed by atoms with van der Waals surface area (Å²) in [4.78, 5) is 2.26. The van der Waals surface area contributed by atoms with Crippen molar-refractivity contribution in [2.75, 3.05) is 33.9 Å². The van der Waals surface area contributed by atoms with Crippen LogP contribution in [-0.2, 0) is 11.2 Å². The van der Waals surface area contributed by atoms with E-state index in [0.717, 1.165) is 41.9 Å². The van der Waals surface area contributed by atoms with Crippen molar-refractivity contribution in [1.82, 2.24) is 10.3 Å². The zero-order valence-electron chi connectivity index (χ0n) is 11.9. The minimum atomic E-state index is 0.0564. The minimum Gasteiger partial charge on any atom is -0.496 e. The van der Waals surface area contributed by atoms with Crippen LogP contribution < -0.4 is 16.0 Å². The van der Waals surface area contributed by atoms with E-state index in [-0.39, 0.29) is 12.1 Å². The molecule has 0 aromatic heterocycles. The summed E-state index contributed by atoms with van der Waals surface area (Å²) < 4.78 is 12.3. The van der Waals surface area contributed by atoms with E-state index in [9.17, 15) is 0 Å². The number of hydrazine groups is 1. The van der Waals surface area contributed by atoms with Gasteiger partial charge in [-0.25, -0.2) is 0 Å². The first-order valence-electron chi connectivity index (χ1n) is 6.72. The molecule has 1 saturated heterocycles. The van der Waals surface area contributed by atoms with Crippen LogP contribution >= 0.6 is 15.9 Å². The van der Waals surface area contributed by atoms with E-state index in [2.05, 4.69) is 39.4 Å². The predicted molar refractivity (Wildman–Crippen MR) is 82.7 cm³/mol. The molecule has 2 atom stereocenters. The molecule has 20 heavy (non-hydrogen) atoms. The molecule has 0 radical (unpaired) electrons. The van der Waals surface area contributed by atoms with Gasteiger partial charge >= 0.3 is 0 Å². The molecule has 0 bridgehead atoms. The van der Waals surface area contributed by atoms with Crippen molar-refractivity contribution >= 4 is 15.9 Å². The van der Waals surface area contributed by atoms with Crippen LogP contribution in [0.3, 0.4) is 0 Å². The zero-order valence-corrected chi connectivity index (χ0v) is 13.5. The summed E-state index contributed by atoms with van der Waals surface area (Å²) in [5.74, 6) is 6.60. The van der Waals surface area contributed by atoms with Gasteiger partial charge in [-0.05, 0) is 37.2 Å². The number of rotatable bonds is 5. The summed E-state index contributed by atoms with van der Waals surface area (Å²) in [6, 6.07) is 6.05. The third-order valence-electron chi connectivity index (χ3n) is 3.64. The highest BCUT2D eigenvalue weighted by atomic mass is 79.9. The van der Waals surface area contributed by atoms with Gasteiger partial charge in [-0.3, -0.25) is 11.3 Å². The van der Waals surface area contributed by atoms with Gasteiger partial charge in [0.15, 0.2) is 0 Å². The Bertz CT molecular complexity index is 444. The normalized spacial score (nSPS) is 21.7. The lowest BCUT2D eigenvalue weighted by molar-refractivity contribution is -0.0385. The molecule has 1 heterocycles. The molecule has 5 nitrogen and oxygen atoms in total. The van der Waals surface area contributed by atoms with E-state index in [0.29, 0.717) is 0 Å². The van der Waals surface area contributed by atoms with E-state index < -0.39 is 0 Å². The van der Waals surface area contributed by atoms with Gasteiger partial charge in [-0.1, -0.05) is 15.9 Å². The van der Waals surface area contributed by atoms with E-state index in [1.165, 1.54) is 0 Å². The Morgan fingerprint density at radius 2 is 2.40 bits per heavy atom. The van der Waals surface area contributed by atoms with E-state index in [1.54, 1.807) is 7.11 Å². The molecule has 1 aromatic rings. The summed E-state index contributed by atoms with van der Waals surface area (Å²) in [7, 11) is 3.78. The molecular formula is C14H22BrN3O2. The molecule has 1 aromatic carbocycles. The monoisotopic (exact) mass is 343 g/mol. The van der Waals surface area contributed by atoms with Gasteiger partial charge in [0.25, 0.3) is 0 Å². The molecule has 112 valence electrons. The Morgan fingerprint density at radius 3 is 3.05 bits per heavy atom. The molecule has 6 heteroatoms. The Morgan fingerprint density at radius 1 is 1.60 bits per heavy atom. The maximum Gasteiger partial charge on any atom is 0.122 e. The maximum atomic E-state index is 5.84. The number of nitrogens with one attached hydrogen (secondary N) is 1. The molecule has 2 rings (SSSR count). The van der Waals surface area contributed by atoms with Crippen molar-refractivity contribution in [3.05, 3.63) is 28.2 Å². The van der Waals surface area contributed by atoms with Gasteiger partial charge < -0.3 is 14.4 Å². The Balaban J connectivity index is 2.11. The largest absolute Gasteiger partial charge is 0.496 e. The number of ether oxygens (including phenoxy) is 2. The van der Waals surface area contributed by atoms with Crippen LogP contribution in [-0.4, -0.2) is 50.9 Å². The Hall–Kier alpha value is -0.660. The Kier molecular flexibility index (Phi) is 5.80. The zero-order chi connectivity index (χ0) is 14.5. The van der Waals surface area contributed by atoms with Crippen molar-refractivity contribution in [2.24, 2.45) is 5.84 Å². The molecule has 1 aliphatic heterocycles. The second kappa shape index (κ2) is 7.38. The minimum absolute atomic E-state index is 0.0564. The summed E-state index contributed by atoms with van der Waals surface area (Å²) >= 11 is 3.50. The average molecular weight is 344 g/mol. The van der Waals surface area contributed by atoms with Gasteiger partial charge in [0.05, 0.1) is 25.9 Å². The summed E-state index contributed by atoms with van der Waals surface area (Å²) in [6.07, 6.45) is 0.847. The first-order chi connectivity index (χ1) is 9.63. The molecule has 0 aliphatic carbocycles. The van der Waals surface area contributed by atoms with Crippen LogP contribution in [0.5, 0.6) is 5.75 Å². The van der Waals surface area contributed by atoms with Crippen molar-refractivity contribution in [3.8, 4) is 5.75 Å². The fourth-order valence-corrected chi connectivity index (χ4v) is 2.90. The van der Waals surface area contributed by atoms with Crippen LogP contribution in [0.15, 0.2) is 22.7 Å². The fourth-order valence-electron chi connectivity index (χ4n) is 2.50. The summed E-state index contributed by atoms with van der Waals surface area (Å²) in [6.45, 7) is 2.59. The van der Waals surface area contributed by atoms with Gasteiger partial charge in [-0.15, -0.1) is 0 Å². The van der Waals surface area contributed by atoms with Crippen LogP contribution in [0.25, 0.3) is 0 Å². The van der Waals surface area contributed by atoms with E-state index in [1.807, 2.05) is 12.1 Å². The number of nitrogens with two attached hydrogens (primary N) is 1. The second-order valence-electron chi connectivity index (χ2n) is 5.10. The third-order valence-corrected chi connectivity index (χ3v) is 4.13. The predicted octanol–water partition coefficient (Wildman–Crippen LogP) is 1.16. The second-order valence-corrected chi connectivity index (χ2v) is 6.02. The van der Waals surface area contributed by atoms with Crippen LogP contribution in [0.2, 0.25) is 0 Å². The van der Waals surface area contributed by atoms with Crippen molar-refractivity contribution in [2.45, 2.75) is 18.6 Å². The van der Waals surface area contributed by atoms with Crippen LogP contribution in [0, 0.1) is 0 Å². The number of hydrogen-bond donors (Lipinski definition) is 2. The molecule has 1 aliphatic rings. The number of morpholine rings is 1. The lowest BCUT2D eigenvalue weighted by Gasteiger charge is -2.35. The smallest absolute Gasteiger partial charge is 0.122 e. The topological polar surface area (TPSA) is 59.8 Å². The highest BCUT2D eigenvalue weighted by Crippen LogP contribution is 2.25. The van der Waals surface area contributed by atoms with Crippen LogP contribution in [0.1, 0.15) is 5.56 Å². The van der Waals surface area contributed by atoms with Gasteiger partial charge in [-0.2, -0.15) is 0 Å². The highest BCUT2D eigenvalue weighted by molar-refractivity contribution is 9.10. The fraction of sp³-hybridized carbons (Fsp3) is 0.571. The van der Waals surface area contributed by atoms with Gasteiger partial charge in [0, 0.05) is 17.6 Å². The van der Waals surface area contributed by atoms with Gasteiger partial charge in [0.1, 0.15) is 5.75 Å². The number of hydrogen-bond acceptors (Lipinski definition) is 5. The standard InChI is InChI=1S/C14H22BrN3O2/c1-18-5-6-20-14(9-18)12(17-16)8-10-7-11(15)3-4-13(10)19-2/h3-4,7,12,14,17H,5-6,8-9,16H2,1-2H3. The van der Waals surface area contributed by atoms with Crippen molar-refractivity contribution in [1.29, 1.82) is 0 Å². The number of benzene rings is 1. The van der Waals surface area contributed by atoms with Crippen molar-refractivity contribution < 1.29 is 9.47 Å². The molecule has 0 saturated carbocycles. The first kappa shape index (κ1) is 15.7. The number of likely N-dealkylation sites (N-methyl/N-ethyl adjacent to an activating group) is 1. The van der Waals surface area contributed by atoms with Crippen LogP contribution in [0.4, 0.5) is 0 Å². The van der Waals surface area contributed by atoms with Gasteiger partial charge in [0.2, 0.25) is 0 Å². The molecule has 3 N–H and O–H groups in total. The molecular weight excluding hydrogens is 322 g/mol. The molecule has 2 unspecified atom stereocenters. The quantitative estimate of drug-likeness (QED) is 0.620. The molecule has 0 amide bonds. The average Bonchev–Trinajstić information content (AvgIpc) is 2.45. The van der Waals surface area contributed by atoms with E-state index >= 15 is 0 Å². The first-order valence-corrected chi connectivity index (χ1v) is 7.52. The molecule has 1 fully saturated rings. The lowest BCUT2D eigenvalue weighted by Crippen LogP contribution is -2.54. The number of halogens is 1. The van der Waals surface area contributed by atoms with E-state index in [4.69, 9.17) is 15.3 Å². The lowest BCUT2D eigenvalue weighted by atomic mass is 10.00.